The molecule has 0 saturated carbocycles. The second kappa shape index (κ2) is 5.57. The van der Waals surface area contributed by atoms with E-state index >= 15 is 0 Å². The highest BCUT2D eigenvalue weighted by atomic mass is 16.5. The highest BCUT2D eigenvalue weighted by Gasteiger charge is 2.09. The van der Waals surface area contributed by atoms with E-state index in [1.807, 2.05) is 24.3 Å². The van der Waals surface area contributed by atoms with Crippen LogP contribution in [0.5, 0.6) is 5.75 Å². The van der Waals surface area contributed by atoms with Crippen LogP contribution in [-0.4, -0.2) is 11.2 Å². The molecule has 0 atom stereocenters. The SMILES string of the molecule is C=CCOc1ccc2c(ccc(=O)n2C)c1CC=C. The van der Waals surface area contributed by atoms with Crippen LogP contribution in [0.1, 0.15) is 5.56 Å². The van der Waals surface area contributed by atoms with E-state index in [4.69, 9.17) is 4.74 Å². The first-order chi connectivity index (χ1) is 9.19. The highest BCUT2D eigenvalue weighted by Crippen LogP contribution is 2.28. The molecule has 0 aliphatic carbocycles. The zero-order chi connectivity index (χ0) is 13.8. The molecule has 3 nitrogen and oxygen atoms in total. The second-order valence-corrected chi connectivity index (χ2v) is 4.30. The summed E-state index contributed by atoms with van der Waals surface area (Å²) in [6.07, 6.45) is 4.24. The third kappa shape index (κ3) is 2.45. The Hall–Kier alpha value is -2.29. The number of aryl methyl sites for hydroxylation is 1. The van der Waals surface area contributed by atoms with Crippen LogP contribution in [0.25, 0.3) is 10.9 Å². The molecule has 1 aromatic carbocycles. The van der Waals surface area contributed by atoms with Crippen molar-refractivity contribution in [2.24, 2.45) is 7.05 Å². The molecule has 2 rings (SSSR count). The zero-order valence-corrected chi connectivity index (χ0v) is 11.1. The summed E-state index contributed by atoms with van der Waals surface area (Å²) in [5.41, 5.74) is 1.93. The molecule has 0 bridgehead atoms. The minimum atomic E-state index is -0.0168. The Morgan fingerprint density at radius 2 is 2.00 bits per heavy atom. The van der Waals surface area contributed by atoms with Crippen LogP contribution >= 0.6 is 0 Å². The molecule has 98 valence electrons. The van der Waals surface area contributed by atoms with Crippen LogP contribution in [0.4, 0.5) is 0 Å². The van der Waals surface area contributed by atoms with Crippen molar-refractivity contribution in [2.45, 2.75) is 6.42 Å². The summed E-state index contributed by atoms with van der Waals surface area (Å²) in [4.78, 5) is 11.7. The second-order valence-electron chi connectivity index (χ2n) is 4.30. The van der Waals surface area contributed by atoms with E-state index in [0.29, 0.717) is 13.0 Å². The smallest absolute Gasteiger partial charge is 0.250 e. The van der Waals surface area contributed by atoms with E-state index in [9.17, 15) is 4.79 Å². The van der Waals surface area contributed by atoms with Crippen LogP contribution in [0.3, 0.4) is 0 Å². The number of hydrogen-bond donors (Lipinski definition) is 0. The quantitative estimate of drug-likeness (QED) is 0.769. The molecule has 0 unspecified atom stereocenters. The summed E-state index contributed by atoms with van der Waals surface area (Å²) in [5, 5.41) is 1.02. The van der Waals surface area contributed by atoms with Gasteiger partial charge in [-0.3, -0.25) is 4.79 Å². The number of fused-ring (bicyclic) bond motifs is 1. The topological polar surface area (TPSA) is 31.2 Å². The summed E-state index contributed by atoms with van der Waals surface area (Å²) in [5.74, 6) is 0.811. The monoisotopic (exact) mass is 255 g/mol. The van der Waals surface area contributed by atoms with E-state index in [2.05, 4.69) is 13.2 Å². The van der Waals surface area contributed by atoms with Crippen molar-refractivity contribution < 1.29 is 4.74 Å². The number of allylic oxidation sites excluding steroid dienone is 1. The normalized spacial score (nSPS) is 10.4. The van der Waals surface area contributed by atoms with Crippen LogP contribution in [0.15, 0.2) is 54.4 Å². The molecule has 0 aliphatic heterocycles. The summed E-state index contributed by atoms with van der Waals surface area (Å²) in [6, 6.07) is 7.22. The third-order valence-corrected chi connectivity index (χ3v) is 3.08. The Kier molecular flexibility index (Phi) is 3.85. The lowest BCUT2D eigenvalue weighted by atomic mass is 10.0. The van der Waals surface area contributed by atoms with Gasteiger partial charge in [-0.05, 0) is 24.6 Å². The molecule has 0 aliphatic rings. The minimum absolute atomic E-state index is 0.0168. The molecule has 1 aromatic heterocycles. The van der Waals surface area contributed by atoms with Gasteiger partial charge in [0.2, 0.25) is 0 Å². The fraction of sp³-hybridized carbons (Fsp3) is 0.188. The first-order valence-electron chi connectivity index (χ1n) is 6.15. The Bertz CT molecular complexity index is 683. The first-order valence-corrected chi connectivity index (χ1v) is 6.15. The molecule has 3 heteroatoms. The van der Waals surface area contributed by atoms with Crippen molar-refractivity contribution >= 4 is 10.9 Å². The molecule has 1 heterocycles. The van der Waals surface area contributed by atoms with Crippen LogP contribution < -0.4 is 10.3 Å². The average Bonchev–Trinajstić information content (AvgIpc) is 2.42. The maximum atomic E-state index is 11.7. The summed E-state index contributed by atoms with van der Waals surface area (Å²) in [7, 11) is 1.77. The predicted octanol–water partition coefficient (Wildman–Crippen LogP) is 2.83. The zero-order valence-electron chi connectivity index (χ0n) is 11.1. The van der Waals surface area contributed by atoms with Gasteiger partial charge < -0.3 is 9.30 Å². The Labute approximate surface area is 112 Å². The number of ether oxygens (including phenoxy) is 1. The van der Waals surface area contributed by atoms with Crippen molar-refractivity contribution in [3.05, 3.63) is 65.5 Å². The van der Waals surface area contributed by atoms with E-state index in [1.165, 1.54) is 0 Å². The van der Waals surface area contributed by atoms with Crippen molar-refractivity contribution in [3.63, 3.8) is 0 Å². The number of hydrogen-bond acceptors (Lipinski definition) is 2. The lowest BCUT2D eigenvalue weighted by Gasteiger charge is -2.13. The molecular weight excluding hydrogens is 238 g/mol. The van der Waals surface area contributed by atoms with Gasteiger partial charge in [0, 0.05) is 24.1 Å². The lowest BCUT2D eigenvalue weighted by molar-refractivity contribution is 0.360. The van der Waals surface area contributed by atoms with Gasteiger partial charge in [0.1, 0.15) is 12.4 Å². The highest BCUT2D eigenvalue weighted by molar-refractivity contribution is 5.85. The number of rotatable bonds is 5. The van der Waals surface area contributed by atoms with Gasteiger partial charge in [0.05, 0.1) is 5.52 Å². The van der Waals surface area contributed by atoms with E-state index in [1.54, 1.807) is 23.8 Å². The van der Waals surface area contributed by atoms with Crippen molar-refractivity contribution in [1.82, 2.24) is 4.57 Å². The number of benzene rings is 1. The fourth-order valence-corrected chi connectivity index (χ4v) is 2.13. The van der Waals surface area contributed by atoms with Crippen molar-refractivity contribution in [2.75, 3.05) is 6.61 Å². The first kappa shape index (κ1) is 13.1. The summed E-state index contributed by atoms with van der Waals surface area (Å²) in [6.45, 7) is 7.89. The van der Waals surface area contributed by atoms with Crippen LogP contribution in [0, 0.1) is 0 Å². The average molecular weight is 255 g/mol. The van der Waals surface area contributed by atoms with E-state index < -0.39 is 0 Å². The minimum Gasteiger partial charge on any atom is -0.489 e. The summed E-state index contributed by atoms with van der Waals surface area (Å²) >= 11 is 0. The van der Waals surface area contributed by atoms with E-state index in [-0.39, 0.29) is 5.56 Å². The fourth-order valence-electron chi connectivity index (χ4n) is 2.13. The lowest BCUT2D eigenvalue weighted by Crippen LogP contribution is -2.15. The molecule has 0 radical (unpaired) electrons. The molecule has 0 N–H and O–H groups in total. The van der Waals surface area contributed by atoms with Gasteiger partial charge in [-0.15, -0.1) is 6.58 Å². The van der Waals surface area contributed by atoms with Gasteiger partial charge in [-0.25, -0.2) is 0 Å². The van der Waals surface area contributed by atoms with Crippen LogP contribution in [0.2, 0.25) is 0 Å². The van der Waals surface area contributed by atoms with Gasteiger partial charge in [0.15, 0.2) is 0 Å². The van der Waals surface area contributed by atoms with Gasteiger partial charge in [0.25, 0.3) is 5.56 Å². The third-order valence-electron chi connectivity index (χ3n) is 3.08. The van der Waals surface area contributed by atoms with Crippen LogP contribution in [-0.2, 0) is 13.5 Å². The Morgan fingerprint density at radius 3 is 2.68 bits per heavy atom. The Morgan fingerprint density at radius 1 is 1.21 bits per heavy atom. The maximum absolute atomic E-state index is 11.7. The maximum Gasteiger partial charge on any atom is 0.250 e. The van der Waals surface area contributed by atoms with E-state index in [0.717, 1.165) is 22.2 Å². The molecule has 0 fully saturated rings. The molecular formula is C16H17NO2. The van der Waals surface area contributed by atoms with Crippen molar-refractivity contribution in [3.8, 4) is 5.75 Å². The molecule has 0 amide bonds. The predicted molar refractivity (Wildman–Crippen MR) is 78.8 cm³/mol. The number of pyridine rings is 1. The number of aromatic nitrogens is 1. The molecule has 0 spiro atoms. The van der Waals surface area contributed by atoms with Gasteiger partial charge >= 0.3 is 0 Å². The van der Waals surface area contributed by atoms with Gasteiger partial charge in [-0.1, -0.05) is 18.7 Å². The van der Waals surface area contributed by atoms with Crippen molar-refractivity contribution in [1.29, 1.82) is 0 Å². The molecule has 19 heavy (non-hydrogen) atoms. The molecule has 0 saturated heterocycles. The standard InChI is InChI=1S/C16H17NO2/c1-4-6-13-12-7-10-16(18)17(3)14(12)8-9-15(13)19-11-5-2/h4-5,7-10H,1-2,6,11H2,3H3. The summed E-state index contributed by atoms with van der Waals surface area (Å²) < 4.78 is 7.30. The molecule has 2 aromatic rings. The number of nitrogens with zero attached hydrogens (tertiary/aromatic N) is 1. The largest absolute Gasteiger partial charge is 0.489 e. The Balaban J connectivity index is 2.69. The van der Waals surface area contributed by atoms with Gasteiger partial charge in [-0.2, -0.15) is 0 Å².